The number of benzene rings is 1. The Morgan fingerprint density at radius 3 is 2.60 bits per heavy atom. The van der Waals surface area contributed by atoms with Gasteiger partial charge in [-0.2, -0.15) is 0 Å². The topological polar surface area (TPSA) is 105 Å². The van der Waals surface area contributed by atoms with E-state index in [1.54, 1.807) is 6.07 Å². The monoisotopic (exact) mass is 281 g/mol. The molecule has 1 aliphatic heterocycles. The Balaban J connectivity index is 2.10. The number of carbonyl (C=O) groups is 2. The summed E-state index contributed by atoms with van der Waals surface area (Å²) in [7, 11) is 0. The Morgan fingerprint density at radius 2 is 1.95 bits per heavy atom. The summed E-state index contributed by atoms with van der Waals surface area (Å²) >= 11 is 0. The van der Waals surface area contributed by atoms with Crippen LogP contribution in [0, 0.1) is 0 Å². The molecule has 1 aliphatic rings. The lowest BCUT2D eigenvalue weighted by molar-refractivity contribution is -0.139. The summed E-state index contributed by atoms with van der Waals surface area (Å²) in [5.74, 6) is -0.719. The smallest absolute Gasteiger partial charge is 0.326 e. The van der Waals surface area contributed by atoms with Crippen LogP contribution in [0.1, 0.15) is 16.8 Å². The number of hydrogen-bond donors (Lipinski definition) is 3. The summed E-state index contributed by atoms with van der Waals surface area (Å²) < 4.78 is 10.7. The first-order valence-corrected chi connectivity index (χ1v) is 6.16. The molecular weight excluding hydrogens is 266 g/mol. The number of aliphatic hydroxyl groups is 1. The molecule has 7 nitrogen and oxygen atoms in total. The third-order valence-corrected chi connectivity index (χ3v) is 2.83. The van der Waals surface area contributed by atoms with E-state index in [4.69, 9.17) is 19.7 Å². The van der Waals surface area contributed by atoms with E-state index in [2.05, 4.69) is 5.32 Å². The quantitative estimate of drug-likeness (QED) is 0.703. The van der Waals surface area contributed by atoms with E-state index in [0.717, 1.165) is 0 Å². The molecule has 1 amide bonds. The highest BCUT2D eigenvalue weighted by Gasteiger charge is 2.21. The summed E-state index contributed by atoms with van der Waals surface area (Å²) in [5.41, 5.74) is 0.276. The Morgan fingerprint density at radius 1 is 1.25 bits per heavy atom. The molecule has 0 fully saturated rings. The minimum Gasteiger partial charge on any atom is -0.486 e. The molecule has 0 aromatic heterocycles. The van der Waals surface area contributed by atoms with E-state index >= 15 is 0 Å². The number of fused-ring (bicyclic) bond motifs is 1. The number of ether oxygens (including phenoxy) is 2. The maximum atomic E-state index is 12.0. The summed E-state index contributed by atoms with van der Waals surface area (Å²) in [5, 5.41) is 20.0. The molecular formula is C13H15NO6. The maximum absolute atomic E-state index is 12.0. The first kappa shape index (κ1) is 14.1. The van der Waals surface area contributed by atoms with Crippen molar-refractivity contribution in [1.29, 1.82) is 0 Å². The van der Waals surface area contributed by atoms with E-state index in [9.17, 15) is 9.59 Å². The second-order valence-corrected chi connectivity index (χ2v) is 4.24. The predicted octanol–water partition coefficient (Wildman–Crippen LogP) is 0.0232. The second-order valence-electron chi connectivity index (χ2n) is 4.24. The molecule has 0 unspecified atom stereocenters. The zero-order chi connectivity index (χ0) is 14.5. The van der Waals surface area contributed by atoms with Crippen molar-refractivity contribution in [3.63, 3.8) is 0 Å². The van der Waals surface area contributed by atoms with Gasteiger partial charge in [0.15, 0.2) is 11.5 Å². The summed E-state index contributed by atoms with van der Waals surface area (Å²) in [6.07, 6.45) is -0.0500. The Hall–Kier alpha value is -2.28. The van der Waals surface area contributed by atoms with Crippen molar-refractivity contribution in [2.75, 3.05) is 19.8 Å². The number of nitrogens with one attached hydrogen (secondary N) is 1. The SMILES string of the molecule is O=C(N[C@@H](CCO)C(=O)O)c1ccc2c(c1)OCCO2. The molecule has 1 aromatic rings. The van der Waals surface area contributed by atoms with E-state index in [0.29, 0.717) is 24.7 Å². The van der Waals surface area contributed by atoms with E-state index in [-0.39, 0.29) is 18.6 Å². The number of aliphatic carboxylic acids is 1. The fourth-order valence-corrected chi connectivity index (χ4v) is 1.81. The van der Waals surface area contributed by atoms with Gasteiger partial charge in [0.2, 0.25) is 0 Å². The van der Waals surface area contributed by atoms with Crippen LogP contribution in [0.5, 0.6) is 11.5 Å². The second kappa shape index (κ2) is 6.25. The molecule has 1 heterocycles. The number of rotatable bonds is 5. The highest BCUT2D eigenvalue weighted by atomic mass is 16.6. The van der Waals surface area contributed by atoms with Gasteiger partial charge in [0, 0.05) is 18.6 Å². The number of carboxylic acid groups (broad SMARTS) is 1. The fourth-order valence-electron chi connectivity index (χ4n) is 1.81. The first-order chi connectivity index (χ1) is 9.61. The fraction of sp³-hybridized carbons (Fsp3) is 0.385. The molecule has 0 aliphatic carbocycles. The third-order valence-electron chi connectivity index (χ3n) is 2.83. The molecule has 0 radical (unpaired) electrons. The van der Waals surface area contributed by atoms with Crippen LogP contribution in [0.15, 0.2) is 18.2 Å². The Labute approximate surface area is 115 Å². The number of hydrogen-bond acceptors (Lipinski definition) is 5. The van der Waals surface area contributed by atoms with Gasteiger partial charge in [-0.1, -0.05) is 0 Å². The minimum atomic E-state index is -1.19. The minimum absolute atomic E-state index is 0.0500. The average Bonchev–Trinajstić information content (AvgIpc) is 2.46. The first-order valence-electron chi connectivity index (χ1n) is 6.16. The van der Waals surface area contributed by atoms with Crippen LogP contribution in [-0.4, -0.2) is 48.0 Å². The van der Waals surface area contributed by atoms with Gasteiger partial charge in [-0.15, -0.1) is 0 Å². The van der Waals surface area contributed by atoms with E-state index < -0.39 is 17.9 Å². The molecule has 2 rings (SSSR count). The van der Waals surface area contributed by atoms with Crippen molar-refractivity contribution < 1.29 is 29.3 Å². The van der Waals surface area contributed by atoms with E-state index in [1.165, 1.54) is 12.1 Å². The van der Waals surface area contributed by atoms with Gasteiger partial charge in [-0.05, 0) is 18.2 Å². The van der Waals surface area contributed by atoms with Gasteiger partial charge >= 0.3 is 5.97 Å². The molecule has 1 atom stereocenters. The number of carboxylic acids is 1. The molecule has 7 heteroatoms. The normalized spacial score (nSPS) is 14.4. The lowest BCUT2D eigenvalue weighted by Gasteiger charge is -2.19. The number of amides is 1. The van der Waals surface area contributed by atoms with Gasteiger partial charge in [0.1, 0.15) is 19.3 Å². The molecule has 20 heavy (non-hydrogen) atoms. The van der Waals surface area contributed by atoms with Crippen molar-refractivity contribution in [2.24, 2.45) is 0 Å². The van der Waals surface area contributed by atoms with Crippen LogP contribution in [0.2, 0.25) is 0 Å². The Kier molecular flexibility index (Phi) is 4.41. The molecule has 1 aromatic carbocycles. The van der Waals surface area contributed by atoms with Crippen molar-refractivity contribution in [3.8, 4) is 11.5 Å². The predicted molar refractivity (Wildman–Crippen MR) is 68.0 cm³/mol. The molecule has 0 saturated heterocycles. The van der Waals surface area contributed by atoms with Crippen LogP contribution in [0.4, 0.5) is 0 Å². The molecule has 0 saturated carbocycles. The summed E-state index contributed by atoms with van der Waals surface area (Å²) in [6.45, 7) is 0.537. The maximum Gasteiger partial charge on any atom is 0.326 e. The summed E-state index contributed by atoms with van der Waals surface area (Å²) in [4.78, 5) is 22.9. The summed E-state index contributed by atoms with van der Waals surface area (Å²) in [6, 6.07) is 3.51. The van der Waals surface area contributed by atoms with Crippen LogP contribution in [0.25, 0.3) is 0 Å². The lowest BCUT2D eigenvalue weighted by atomic mass is 10.1. The van der Waals surface area contributed by atoms with Gasteiger partial charge in [0.05, 0.1) is 0 Å². The third kappa shape index (κ3) is 3.18. The number of aliphatic hydroxyl groups excluding tert-OH is 1. The van der Waals surface area contributed by atoms with Crippen molar-refractivity contribution in [2.45, 2.75) is 12.5 Å². The van der Waals surface area contributed by atoms with Crippen LogP contribution >= 0.6 is 0 Å². The number of carbonyl (C=O) groups excluding carboxylic acids is 1. The van der Waals surface area contributed by atoms with Crippen molar-refractivity contribution >= 4 is 11.9 Å². The molecule has 3 N–H and O–H groups in total. The highest BCUT2D eigenvalue weighted by molar-refractivity contribution is 5.97. The van der Waals surface area contributed by atoms with Gasteiger partial charge in [-0.25, -0.2) is 4.79 Å². The van der Waals surface area contributed by atoms with Crippen molar-refractivity contribution in [1.82, 2.24) is 5.32 Å². The van der Waals surface area contributed by atoms with Gasteiger partial charge in [0.25, 0.3) is 5.91 Å². The van der Waals surface area contributed by atoms with Crippen LogP contribution in [0.3, 0.4) is 0 Å². The Bertz CT molecular complexity index is 516. The van der Waals surface area contributed by atoms with Crippen LogP contribution in [-0.2, 0) is 4.79 Å². The zero-order valence-corrected chi connectivity index (χ0v) is 10.7. The van der Waals surface area contributed by atoms with Gasteiger partial charge in [-0.3, -0.25) is 4.79 Å². The largest absolute Gasteiger partial charge is 0.486 e. The molecule has 0 spiro atoms. The highest BCUT2D eigenvalue weighted by Crippen LogP contribution is 2.30. The van der Waals surface area contributed by atoms with Gasteiger partial charge < -0.3 is 25.0 Å². The lowest BCUT2D eigenvalue weighted by Crippen LogP contribution is -2.41. The molecule has 108 valence electrons. The standard InChI is InChI=1S/C13H15NO6/c15-4-3-9(13(17)18)14-12(16)8-1-2-10-11(7-8)20-6-5-19-10/h1-2,7,9,15H,3-6H2,(H,14,16)(H,17,18)/t9-/m0/s1. The van der Waals surface area contributed by atoms with Crippen LogP contribution < -0.4 is 14.8 Å². The average molecular weight is 281 g/mol. The van der Waals surface area contributed by atoms with E-state index in [1.807, 2.05) is 0 Å². The zero-order valence-electron chi connectivity index (χ0n) is 10.7. The van der Waals surface area contributed by atoms with Crippen molar-refractivity contribution in [3.05, 3.63) is 23.8 Å². The molecule has 0 bridgehead atoms.